The molecule has 1 rings (SSSR count). The lowest BCUT2D eigenvalue weighted by Gasteiger charge is -2.15. The molecule has 0 amide bonds. The van der Waals surface area contributed by atoms with E-state index in [-0.39, 0.29) is 5.41 Å². The van der Waals surface area contributed by atoms with Crippen LogP contribution in [0.15, 0.2) is 10.5 Å². The van der Waals surface area contributed by atoms with Crippen molar-refractivity contribution in [2.24, 2.45) is 0 Å². The van der Waals surface area contributed by atoms with Crippen molar-refractivity contribution < 1.29 is 4.42 Å². The highest BCUT2D eigenvalue weighted by atomic mass is 35.5. The molecule has 0 fully saturated rings. The van der Waals surface area contributed by atoms with Crippen LogP contribution < -0.4 is 0 Å². The van der Waals surface area contributed by atoms with E-state index in [9.17, 15) is 0 Å². The van der Waals surface area contributed by atoms with Crippen molar-refractivity contribution in [1.29, 1.82) is 0 Å². The van der Waals surface area contributed by atoms with Crippen molar-refractivity contribution in [2.45, 2.75) is 33.1 Å². The predicted octanol–water partition coefficient (Wildman–Crippen LogP) is 3.54. The van der Waals surface area contributed by atoms with Crippen LogP contribution in [-0.2, 0) is 5.41 Å². The first-order valence-electron chi connectivity index (χ1n) is 3.67. The lowest BCUT2D eigenvalue weighted by molar-refractivity contribution is 0.518. The molecule has 0 aromatic carbocycles. The van der Waals surface area contributed by atoms with Crippen molar-refractivity contribution in [3.05, 3.63) is 22.6 Å². The second-order valence-electron chi connectivity index (χ2n) is 3.79. The van der Waals surface area contributed by atoms with Gasteiger partial charge < -0.3 is 4.42 Å². The van der Waals surface area contributed by atoms with Gasteiger partial charge in [0.15, 0.2) is 5.22 Å². The number of rotatable bonds is 0. The van der Waals surface area contributed by atoms with Gasteiger partial charge in [0.2, 0.25) is 0 Å². The Hall–Kier alpha value is -0.430. The Bertz CT molecular complexity index is 255. The molecule has 0 aliphatic heterocycles. The van der Waals surface area contributed by atoms with Gasteiger partial charge in [-0.1, -0.05) is 20.8 Å². The summed E-state index contributed by atoms with van der Waals surface area (Å²) < 4.78 is 5.21. The van der Waals surface area contributed by atoms with Crippen LogP contribution in [0.25, 0.3) is 0 Å². The van der Waals surface area contributed by atoms with Gasteiger partial charge in [-0.2, -0.15) is 0 Å². The minimum atomic E-state index is 0.0782. The largest absolute Gasteiger partial charge is 0.450 e. The Morgan fingerprint density at radius 1 is 1.36 bits per heavy atom. The Morgan fingerprint density at radius 2 is 1.91 bits per heavy atom. The molecule has 1 nitrogen and oxygen atoms in total. The Morgan fingerprint density at radius 3 is 2.09 bits per heavy atom. The topological polar surface area (TPSA) is 13.1 Å². The zero-order valence-electron chi connectivity index (χ0n) is 7.36. The molecule has 0 saturated heterocycles. The average molecular weight is 173 g/mol. The summed E-state index contributed by atoms with van der Waals surface area (Å²) in [6.07, 6.45) is 0. The van der Waals surface area contributed by atoms with Crippen LogP contribution in [0.5, 0.6) is 0 Å². The fraction of sp³-hybridized carbons (Fsp3) is 0.556. The molecule has 0 aliphatic rings. The summed E-state index contributed by atoms with van der Waals surface area (Å²) in [4.78, 5) is 0. The molecule has 0 unspecified atom stereocenters. The second-order valence-corrected chi connectivity index (χ2v) is 4.14. The fourth-order valence-electron chi connectivity index (χ4n) is 0.997. The molecular weight excluding hydrogens is 160 g/mol. The number of hydrogen-bond acceptors (Lipinski definition) is 1. The monoisotopic (exact) mass is 172 g/mol. The van der Waals surface area contributed by atoms with Crippen LogP contribution in [0.2, 0.25) is 5.22 Å². The first-order chi connectivity index (χ1) is 4.91. The molecular formula is C9H13ClO. The average Bonchev–Trinajstić information content (AvgIpc) is 2.08. The minimum absolute atomic E-state index is 0.0782. The third-order valence-electron chi connectivity index (χ3n) is 1.62. The number of aryl methyl sites for hydroxylation is 1. The molecule has 2 heteroatoms. The van der Waals surface area contributed by atoms with E-state index >= 15 is 0 Å². The highest BCUT2D eigenvalue weighted by Gasteiger charge is 2.20. The van der Waals surface area contributed by atoms with Gasteiger partial charge in [0.25, 0.3) is 0 Å². The Balaban J connectivity index is 3.13. The number of furan rings is 1. The lowest BCUT2D eigenvalue weighted by Crippen LogP contribution is -2.09. The molecule has 0 aliphatic carbocycles. The molecule has 0 spiro atoms. The van der Waals surface area contributed by atoms with Crippen molar-refractivity contribution in [3.8, 4) is 0 Å². The third kappa shape index (κ3) is 1.78. The minimum Gasteiger partial charge on any atom is -0.450 e. The van der Waals surface area contributed by atoms with Crippen LogP contribution >= 0.6 is 11.6 Å². The molecule has 0 N–H and O–H groups in total. The van der Waals surface area contributed by atoms with Gasteiger partial charge in [0.05, 0.1) is 0 Å². The van der Waals surface area contributed by atoms with Gasteiger partial charge in [-0.15, -0.1) is 0 Å². The quantitative estimate of drug-likeness (QED) is 0.584. The van der Waals surface area contributed by atoms with Crippen LogP contribution in [0.4, 0.5) is 0 Å². The van der Waals surface area contributed by atoms with E-state index in [0.29, 0.717) is 5.22 Å². The molecule has 0 atom stereocenters. The maximum absolute atomic E-state index is 5.86. The van der Waals surface area contributed by atoms with Gasteiger partial charge in [0.1, 0.15) is 5.76 Å². The van der Waals surface area contributed by atoms with E-state index in [4.69, 9.17) is 16.0 Å². The van der Waals surface area contributed by atoms with E-state index in [1.807, 2.05) is 13.0 Å². The number of halogens is 1. The first kappa shape index (κ1) is 8.66. The number of hydrogen-bond donors (Lipinski definition) is 0. The highest BCUT2D eigenvalue weighted by molar-refractivity contribution is 6.29. The summed E-state index contributed by atoms with van der Waals surface area (Å²) >= 11 is 5.86. The Labute approximate surface area is 72.4 Å². The molecule has 0 radical (unpaired) electrons. The molecule has 11 heavy (non-hydrogen) atoms. The van der Waals surface area contributed by atoms with E-state index in [2.05, 4.69) is 20.8 Å². The van der Waals surface area contributed by atoms with Gasteiger partial charge in [-0.3, -0.25) is 0 Å². The van der Waals surface area contributed by atoms with Gasteiger partial charge in [-0.05, 0) is 30.0 Å². The summed E-state index contributed by atoms with van der Waals surface area (Å²) in [6.45, 7) is 8.25. The van der Waals surface area contributed by atoms with Crippen LogP contribution in [0, 0.1) is 6.92 Å². The molecule has 1 aromatic rings. The van der Waals surface area contributed by atoms with Crippen molar-refractivity contribution in [2.75, 3.05) is 0 Å². The summed E-state index contributed by atoms with van der Waals surface area (Å²) in [5, 5.41) is 0.523. The summed E-state index contributed by atoms with van der Waals surface area (Å²) in [7, 11) is 0. The molecule has 1 aromatic heterocycles. The fourth-order valence-corrected chi connectivity index (χ4v) is 1.46. The normalized spacial score (nSPS) is 12.1. The first-order valence-corrected chi connectivity index (χ1v) is 4.05. The van der Waals surface area contributed by atoms with Gasteiger partial charge >= 0.3 is 0 Å². The smallest absolute Gasteiger partial charge is 0.197 e. The highest BCUT2D eigenvalue weighted by Crippen LogP contribution is 2.31. The summed E-state index contributed by atoms with van der Waals surface area (Å²) in [6, 6.07) is 1.99. The van der Waals surface area contributed by atoms with E-state index in [0.717, 1.165) is 11.3 Å². The molecule has 0 bridgehead atoms. The molecule has 1 heterocycles. The summed E-state index contributed by atoms with van der Waals surface area (Å²) in [5.41, 5.74) is 1.16. The maximum atomic E-state index is 5.86. The van der Waals surface area contributed by atoms with Crippen LogP contribution in [0.1, 0.15) is 32.1 Å². The van der Waals surface area contributed by atoms with E-state index < -0.39 is 0 Å². The zero-order chi connectivity index (χ0) is 8.65. The Kier molecular flexibility index (Phi) is 2.02. The SMILES string of the molecule is Cc1cc(C(C)(C)C)c(Cl)o1. The van der Waals surface area contributed by atoms with Gasteiger partial charge in [-0.25, -0.2) is 0 Å². The van der Waals surface area contributed by atoms with Gasteiger partial charge in [0, 0.05) is 5.56 Å². The summed E-state index contributed by atoms with van der Waals surface area (Å²) in [5.74, 6) is 0.875. The van der Waals surface area contributed by atoms with Crippen molar-refractivity contribution >= 4 is 11.6 Å². The van der Waals surface area contributed by atoms with E-state index in [1.165, 1.54) is 0 Å². The predicted molar refractivity (Wildman–Crippen MR) is 47.2 cm³/mol. The standard InChI is InChI=1S/C9H13ClO/c1-6-5-7(8(10)11-6)9(2,3)4/h5H,1-4H3. The molecule has 0 saturated carbocycles. The van der Waals surface area contributed by atoms with Crippen molar-refractivity contribution in [3.63, 3.8) is 0 Å². The van der Waals surface area contributed by atoms with Crippen LogP contribution in [-0.4, -0.2) is 0 Å². The van der Waals surface area contributed by atoms with E-state index in [1.54, 1.807) is 0 Å². The lowest BCUT2D eigenvalue weighted by atomic mass is 9.89. The molecule has 62 valence electrons. The van der Waals surface area contributed by atoms with Crippen molar-refractivity contribution in [1.82, 2.24) is 0 Å². The third-order valence-corrected chi connectivity index (χ3v) is 1.90. The van der Waals surface area contributed by atoms with Crippen LogP contribution in [0.3, 0.4) is 0 Å². The zero-order valence-corrected chi connectivity index (χ0v) is 8.12. The second kappa shape index (κ2) is 2.56. The maximum Gasteiger partial charge on any atom is 0.197 e.